The first-order valence-corrected chi connectivity index (χ1v) is 51.0. The van der Waals surface area contributed by atoms with Gasteiger partial charge in [-0.25, -0.2) is 77.5 Å². The van der Waals surface area contributed by atoms with Gasteiger partial charge in [0.05, 0.1) is 94.5 Å². The topological polar surface area (TPSA) is 561 Å². The van der Waals surface area contributed by atoms with Gasteiger partial charge in [0.1, 0.15) is 94.0 Å². The molecule has 0 radical (unpaired) electrons. The zero-order valence-corrected chi connectivity index (χ0v) is 83.9. The Balaban J connectivity index is 0.000000211. The van der Waals surface area contributed by atoms with Crippen LogP contribution >= 0.6 is 31.8 Å². The van der Waals surface area contributed by atoms with Crippen molar-refractivity contribution in [1.29, 1.82) is 0 Å². The Kier molecular flexibility index (Phi) is 38.0. The molecular weight excluding hydrogens is 1950 g/mol. The van der Waals surface area contributed by atoms with Crippen LogP contribution in [-0.2, 0) is 92.3 Å². The van der Waals surface area contributed by atoms with Crippen molar-refractivity contribution in [3.63, 3.8) is 0 Å². The van der Waals surface area contributed by atoms with Gasteiger partial charge in [-0.15, -0.1) is 4.52 Å². The second kappa shape index (κ2) is 50.9. The first-order chi connectivity index (χ1) is 69.6. The minimum Gasteiger partial charge on any atom is -0.376 e. The van der Waals surface area contributed by atoms with Crippen molar-refractivity contribution >= 4 is 123 Å². The van der Waals surface area contributed by atoms with Gasteiger partial charge in [0.2, 0.25) is 13.1 Å². The lowest BCUT2D eigenvalue weighted by Crippen LogP contribution is -2.33. The smallest absolute Gasteiger partial charge is 0.376 e. The Labute approximate surface area is 827 Å². The molecule has 16 rings (SSSR count). The number of hydrogen-bond acceptors (Lipinski definition) is 36. The predicted octanol–water partition coefficient (Wildman–Crippen LogP) is 15.9. The number of ether oxygens (including phenoxy) is 8. The van der Waals surface area contributed by atoms with Crippen molar-refractivity contribution in [1.82, 2.24) is 78.1 Å². The number of azide groups is 1. The summed E-state index contributed by atoms with van der Waals surface area (Å²) in [4.78, 5) is 117. The van der Waals surface area contributed by atoms with E-state index in [1.165, 1.54) is 31.6 Å². The summed E-state index contributed by atoms with van der Waals surface area (Å²) >= 11 is 0. The van der Waals surface area contributed by atoms with Crippen molar-refractivity contribution in [2.45, 2.75) is 179 Å². The number of rotatable bonds is 44. The third-order valence-electron chi connectivity index (χ3n) is 21.9. The zero-order chi connectivity index (χ0) is 102. The standard InChI is InChI=1S/C45H54N12O12P2.C43H48N11O9P.C2H6N3O3P/c1-28(2)63-22-34-33(21-37(67-34)57-27-52-39-41(48-25-50-43(39)57)54-45(59)31-16-12-9-13-17-31)69-71(64-19-18-46-5,55-70(60,61-6)62-7)65-23-35-32(66-29(3)4)20-36(68-35)56-26-51-38-40(47-24-49-42(38)56)53-44(58)30-14-10-8-11-15-30;1-26(2)57-20-32-31(19-35(61-32)54-25-50-37-39(46-23-48-41(37)54)52-43(56)29-14-10-7-11-15-29)63-64(58-17-16-44-5)59-21-33-30(60-27(3)4)18-34(62-33)53-24-49-36-38(45-22-47-40(36)53)51-42(55)28-12-8-6-9-13-28;1-7-9(6,8-2)5-4-3/h8-17,24-29,32-37H,18-23H2,1-4,6-7H3,(H,47,49,53,58)(H,48,50,54,59);6-15,22-27,30-35H,16-21H2,1-4H3,(H,45,47,51,55)(H,46,48,52,56);1-2H3/t32-,33-,34-,35-,36-,37-,71?;30-,31-,32-,33-,34-,35-,64?;/m11./s1. The molecule has 4 aliphatic heterocycles. The number of imidazole rings is 4. The van der Waals surface area contributed by atoms with Crippen LogP contribution in [-0.4, -0.2) is 256 Å². The van der Waals surface area contributed by atoms with Gasteiger partial charge in [0.25, 0.3) is 23.6 Å². The second-order valence-corrected chi connectivity index (χ2v) is 40.1. The number of carbonyl (C=O) groups excluding carboxylic acids is 4. The Morgan fingerprint density at radius 2 is 0.750 bits per heavy atom. The number of fused-ring (bicyclic) bond motifs is 4. The van der Waals surface area contributed by atoms with Crippen molar-refractivity contribution in [2.75, 3.05) is 102 Å². The summed E-state index contributed by atoms with van der Waals surface area (Å²) in [7, 11) is -9.56. The van der Waals surface area contributed by atoms with Gasteiger partial charge in [-0.1, -0.05) is 72.8 Å². The average Bonchev–Trinajstić information content (AvgIpc) is 1.63. The zero-order valence-electron chi connectivity index (χ0n) is 80.3. The van der Waals surface area contributed by atoms with E-state index in [2.05, 4.69) is 114 Å². The van der Waals surface area contributed by atoms with Crippen LogP contribution in [0, 0.1) is 13.1 Å². The normalized spacial score (nSPS) is 20.6. The van der Waals surface area contributed by atoms with Gasteiger partial charge in [-0.05, 0) is 109 Å². The number of carbonyl (C=O) groups is 4. The summed E-state index contributed by atoms with van der Waals surface area (Å²) in [6.45, 7) is 29.9. The van der Waals surface area contributed by atoms with E-state index in [0.29, 0.717) is 86.2 Å². The van der Waals surface area contributed by atoms with E-state index in [1.54, 1.807) is 134 Å². The number of nitrogens with zero attached hydrogens (tertiary/aromatic N) is 22. The molecule has 0 bridgehead atoms. The SMILES string of the molecule is COP(=O)(N=[N+]=[N-])OC.[C-]#[N+]CCOP(=NP(=O)(OC)OC)(OC[C@H]1O[C@@H](n2cnc3c(NC(=O)c4ccccc4)ncnc32)C[C@H]1OC(C)C)O[C@@H]1C[C@H](n2cnc3c(NC(=O)c4ccccc4)ncnc32)O[C@@H]1COC(C)C.[C-]#[N+]CCOP(OC[C@H]1O[C@@H](n2cnc3c(NC(=O)c4ccccc4)ncnc32)C[C@H]1OC(C)C)O[C@@H]1C[C@H](n2cnc3c(NC(=O)c4ccccc4)ncnc32)O[C@@H]1COC(C)C. The molecule has 12 aromatic rings. The fourth-order valence-electron chi connectivity index (χ4n) is 15.3. The number of hydrogen-bond donors (Lipinski definition) is 4. The van der Waals surface area contributed by atoms with E-state index in [-0.39, 0.29) is 130 Å². The first-order valence-electron chi connectivity index (χ1n) is 45.5. The Morgan fingerprint density at radius 3 is 1.08 bits per heavy atom. The molecule has 0 aliphatic carbocycles. The van der Waals surface area contributed by atoms with Gasteiger partial charge in [0.15, 0.2) is 67.9 Å². The molecule has 0 spiro atoms. The molecule has 4 aliphatic rings. The van der Waals surface area contributed by atoms with Crippen LogP contribution in [0.15, 0.2) is 181 Å². The Morgan fingerprint density at radius 1 is 0.424 bits per heavy atom. The van der Waals surface area contributed by atoms with Crippen LogP contribution in [0.3, 0.4) is 0 Å². The minimum absolute atomic E-state index is 0.0301. The van der Waals surface area contributed by atoms with E-state index in [0.717, 1.165) is 28.4 Å². The molecule has 54 heteroatoms. The highest BCUT2D eigenvalue weighted by Gasteiger charge is 2.49. The molecule has 4 fully saturated rings. The molecule has 50 nitrogen and oxygen atoms in total. The van der Waals surface area contributed by atoms with E-state index in [1.807, 2.05) is 79.7 Å². The lowest BCUT2D eigenvalue weighted by atomic mass is 10.2. The van der Waals surface area contributed by atoms with E-state index in [4.69, 9.17) is 92.8 Å². The van der Waals surface area contributed by atoms with Crippen LogP contribution < -0.4 is 21.3 Å². The third-order valence-corrected chi connectivity index (χ3v) is 28.6. The molecule has 12 heterocycles. The summed E-state index contributed by atoms with van der Waals surface area (Å²) < 4.78 is 145. The van der Waals surface area contributed by atoms with E-state index in [9.17, 15) is 28.3 Å². The Bertz CT molecular complexity index is 6630. The number of nitrogens with one attached hydrogen (secondary N) is 4. The fraction of sp³-hybridized carbons (Fsp3) is 0.444. The number of amides is 4. The average molecular weight is 2060 g/mol. The van der Waals surface area contributed by atoms with Crippen LogP contribution in [0.25, 0.3) is 64.8 Å². The monoisotopic (exact) mass is 2060 g/mol. The molecule has 8 aromatic heterocycles. The van der Waals surface area contributed by atoms with Gasteiger partial charge >= 0.3 is 31.8 Å². The molecule has 4 aromatic carbocycles. The summed E-state index contributed by atoms with van der Waals surface area (Å²) in [6, 6.07) is 35.1. The Hall–Kier alpha value is -12.4. The summed E-state index contributed by atoms with van der Waals surface area (Å²) in [6.07, 6.45) is 4.25. The quantitative estimate of drug-likeness (QED) is 0.00688. The predicted molar refractivity (Wildman–Crippen MR) is 520 cm³/mol. The maximum Gasteiger partial charge on any atom is 0.457 e. The van der Waals surface area contributed by atoms with Crippen LogP contribution in [0.5, 0.6) is 0 Å². The lowest BCUT2D eigenvalue weighted by Gasteiger charge is -2.30. The molecule has 144 heavy (non-hydrogen) atoms. The first kappa shape index (κ1) is 107. The summed E-state index contributed by atoms with van der Waals surface area (Å²) in [5, 5.41) is 11.3. The third kappa shape index (κ3) is 27.6. The molecule has 0 saturated carbocycles. The van der Waals surface area contributed by atoms with Crippen molar-refractivity contribution in [2.24, 2.45) is 9.40 Å². The highest BCUT2D eigenvalue weighted by Crippen LogP contribution is 2.66. The van der Waals surface area contributed by atoms with Gasteiger partial charge in [0, 0.05) is 86.2 Å². The van der Waals surface area contributed by atoms with Crippen molar-refractivity contribution < 1.29 is 111 Å². The summed E-state index contributed by atoms with van der Waals surface area (Å²) in [5.74, 6) is -0.470. The number of benzene rings is 4. The highest BCUT2D eigenvalue weighted by molar-refractivity contribution is 7.63. The number of anilines is 4. The highest BCUT2D eigenvalue weighted by atomic mass is 31.2. The fourth-order valence-corrected chi connectivity index (χ4v) is 20.6. The largest absolute Gasteiger partial charge is 0.457 e. The molecule has 4 N–H and O–H groups in total. The van der Waals surface area contributed by atoms with E-state index >= 15 is 0 Å². The number of aromatic nitrogens is 16. The molecule has 2 unspecified atom stereocenters. The molecular formula is C90H108N26O24P4. The van der Waals surface area contributed by atoms with E-state index < -0.39 is 106 Å². The van der Waals surface area contributed by atoms with Gasteiger partial charge in [-0.3, -0.25) is 64.6 Å². The molecule has 14 atom stereocenters. The van der Waals surface area contributed by atoms with Crippen molar-refractivity contribution in [3.05, 3.63) is 227 Å². The molecule has 762 valence electrons. The van der Waals surface area contributed by atoms with Gasteiger partial charge in [-0.2, -0.15) is 0 Å². The van der Waals surface area contributed by atoms with Crippen LogP contribution in [0.1, 0.15) is 147 Å². The maximum atomic E-state index is 14.1. The van der Waals surface area contributed by atoms with Gasteiger partial charge < -0.3 is 91.5 Å². The summed E-state index contributed by atoms with van der Waals surface area (Å²) in [5.41, 5.74) is 12.7. The molecule has 4 amide bonds. The maximum absolute atomic E-state index is 14.1. The van der Waals surface area contributed by atoms with Crippen LogP contribution in [0.2, 0.25) is 0 Å². The minimum atomic E-state index is -4.35. The van der Waals surface area contributed by atoms with Crippen LogP contribution in [0.4, 0.5) is 23.3 Å². The second-order valence-electron chi connectivity index (χ2n) is 33.1. The lowest BCUT2D eigenvalue weighted by molar-refractivity contribution is -0.0807. The molecule has 4 saturated heterocycles. The van der Waals surface area contributed by atoms with Crippen molar-refractivity contribution in [3.8, 4) is 0 Å².